The molecule has 0 aliphatic heterocycles. The fourth-order valence-electron chi connectivity index (χ4n) is 2.80. The van der Waals surface area contributed by atoms with Crippen molar-refractivity contribution in [1.82, 2.24) is 0 Å². The number of esters is 1. The van der Waals surface area contributed by atoms with Gasteiger partial charge in [0.05, 0.1) is 0 Å². The molecule has 0 heterocycles. The molecule has 1 rings (SSSR count). The van der Waals surface area contributed by atoms with Gasteiger partial charge in [-0.25, -0.2) is 24.2 Å². The highest BCUT2D eigenvalue weighted by atomic mass is 28.4. The molecule has 0 bridgehead atoms. The molecule has 0 radical (unpaired) electrons. The van der Waals surface area contributed by atoms with Gasteiger partial charge in [0, 0.05) is 38.0 Å². The lowest BCUT2D eigenvalue weighted by atomic mass is 9.83. The van der Waals surface area contributed by atoms with E-state index in [1.165, 1.54) is 42.1 Å². The van der Waals surface area contributed by atoms with Crippen LogP contribution in [0.4, 0.5) is 0 Å². The maximum absolute atomic E-state index is 12.4. The van der Waals surface area contributed by atoms with Crippen molar-refractivity contribution in [2.45, 2.75) is 38.8 Å². The Morgan fingerprint density at radius 3 is 1.68 bits per heavy atom. The molecule has 28 heavy (non-hydrogen) atoms. The molecular weight excluding hydrogens is 388 g/mol. The van der Waals surface area contributed by atoms with E-state index >= 15 is 0 Å². The summed E-state index contributed by atoms with van der Waals surface area (Å²) in [7, 11) is 0.508. The van der Waals surface area contributed by atoms with Crippen LogP contribution in [-0.4, -0.2) is 53.3 Å². The van der Waals surface area contributed by atoms with E-state index in [4.69, 9.17) is 18.0 Å². The smallest absolute Gasteiger partial charge is 0.446 e. The van der Waals surface area contributed by atoms with Gasteiger partial charge in [0.25, 0.3) is 0 Å². The number of rotatable bonds is 8. The second-order valence-electron chi connectivity index (χ2n) is 6.29. The third-order valence-electron chi connectivity index (χ3n) is 4.43. The third kappa shape index (κ3) is 4.25. The minimum absolute atomic E-state index is 0.0658. The van der Waals surface area contributed by atoms with E-state index < -0.39 is 31.9 Å². The summed E-state index contributed by atoms with van der Waals surface area (Å²) in [5.41, 5.74) is 0.706. The van der Waals surface area contributed by atoms with Gasteiger partial charge >= 0.3 is 26.7 Å². The Morgan fingerprint density at radius 2 is 1.32 bits per heavy atom. The van der Waals surface area contributed by atoms with Crippen LogP contribution in [0.3, 0.4) is 0 Å². The minimum atomic E-state index is -3.60. The Labute approximate surface area is 165 Å². The van der Waals surface area contributed by atoms with Crippen molar-refractivity contribution >= 4 is 26.7 Å². The molecule has 0 saturated heterocycles. The Hall–Kier alpha value is -2.27. The first-order chi connectivity index (χ1) is 13.0. The molecule has 10 heteroatoms. The van der Waals surface area contributed by atoms with Crippen LogP contribution in [0.25, 0.3) is 0 Å². The monoisotopic (exact) mass is 414 g/mol. The number of carbonyl (C=O) groups is 3. The third-order valence-corrected chi connectivity index (χ3v) is 7.69. The van der Waals surface area contributed by atoms with Gasteiger partial charge in [0.1, 0.15) is 0 Å². The van der Waals surface area contributed by atoms with Crippen LogP contribution in [0.15, 0.2) is 35.5 Å². The van der Waals surface area contributed by atoms with E-state index in [0.29, 0.717) is 18.4 Å². The normalized spacial score (nSPS) is 20.5. The van der Waals surface area contributed by atoms with Crippen LogP contribution >= 0.6 is 0 Å². The summed E-state index contributed by atoms with van der Waals surface area (Å²) < 4.78 is 22.2. The summed E-state index contributed by atoms with van der Waals surface area (Å²) in [6.07, 6.45) is 0.697. The quantitative estimate of drug-likeness (QED) is 0.194. The Kier molecular flexibility index (Phi) is 7.88. The first-order valence-corrected chi connectivity index (χ1v) is 10.1. The SMILES string of the molecule is C=C(C)C(=O)OOC(=O)/C(C)=C1\CCC1(OC(=O)C(=C)C)[Si](OC)(OC)OC. The van der Waals surface area contributed by atoms with Gasteiger partial charge < -0.3 is 18.0 Å². The number of hydrogen-bond donors (Lipinski definition) is 0. The Bertz CT molecular complexity index is 712. The maximum atomic E-state index is 12.4. The van der Waals surface area contributed by atoms with E-state index in [9.17, 15) is 14.4 Å². The van der Waals surface area contributed by atoms with Gasteiger partial charge in [0.15, 0.2) is 0 Å². The predicted octanol–water partition coefficient (Wildman–Crippen LogP) is 1.95. The van der Waals surface area contributed by atoms with Crippen molar-refractivity contribution in [3.05, 3.63) is 35.5 Å². The van der Waals surface area contributed by atoms with E-state index in [2.05, 4.69) is 22.9 Å². The maximum Gasteiger partial charge on any atom is 0.551 e. The number of ether oxygens (including phenoxy) is 1. The lowest BCUT2D eigenvalue weighted by Gasteiger charge is -2.50. The van der Waals surface area contributed by atoms with E-state index in [0.717, 1.165) is 0 Å². The second-order valence-corrected chi connectivity index (χ2v) is 9.44. The molecule has 0 spiro atoms. The molecule has 156 valence electrons. The molecule has 0 aromatic heterocycles. The highest BCUT2D eigenvalue weighted by molar-refractivity contribution is 6.65. The predicted molar refractivity (Wildman–Crippen MR) is 99.4 cm³/mol. The topological polar surface area (TPSA) is 107 Å². The number of hydrogen-bond acceptors (Lipinski definition) is 9. The first-order valence-electron chi connectivity index (χ1n) is 8.35. The van der Waals surface area contributed by atoms with Gasteiger partial charge in [0.2, 0.25) is 5.22 Å². The zero-order chi connectivity index (χ0) is 21.7. The minimum Gasteiger partial charge on any atom is -0.446 e. The zero-order valence-electron chi connectivity index (χ0n) is 17.0. The first kappa shape index (κ1) is 23.8. The molecule has 1 fully saturated rings. The second kappa shape index (κ2) is 9.28. The van der Waals surface area contributed by atoms with Crippen LogP contribution in [0, 0.1) is 0 Å². The molecule has 0 N–H and O–H groups in total. The van der Waals surface area contributed by atoms with Gasteiger partial charge in [-0.1, -0.05) is 13.2 Å². The Balaban J connectivity index is 3.33. The lowest BCUT2D eigenvalue weighted by Crippen LogP contribution is -2.70. The fraction of sp³-hybridized carbons (Fsp3) is 0.500. The molecule has 1 unspecified atom stereocenters. The highest BCUT2D eigenvalue weighted by Gasteiger charge is 2.70. The van der Waals surface area contributed by atoms with Crippen molar-refractivity contribution in [1.29, 1.82) is 0 Å². The van der Waals surface area contributed by atoms with Crippen molar-refractivity contribution in [2.24, 2.45) is 0 Å². The van der Waals surface area contributed by atoms with Crippen molar-refractivity contribution in [3.63, 3.8) is 0 Å². The van der Waals surface area contributed by atoms with Crippen LogP contribution < -0.4 is 0 Å². The average molecular weight is 414 g/mol. The lowest BCUT2D eigenvalue weighted by molar-refractivity contribution is -0.252. The van der Waals surface area contributed by atoms with Gasteiger partial charge in [-0.2, -0.15) is 0 Å². The fourth-order valence-corrected chi connectivity index (χ4v) is 5.62. The standard InChI is InChI=1S/C18H26O9Si/c1-11(2)15(19)25-18(28(22-6,23-7)24-8)10-9-14(18)13(5)17(21)27-26-16(20)12(3)4/h1,3,9-10H2,2,4-8H3/b14-13+. The molecule has 1 saturated carbocycles. The molecule has 1 atom stereocenters. The number of carbonyl (C=O) groups excluding carboxylic acids is 3. The van der Waals surface area contributed by atoms with E-state index in [1.807, 2.05) is 0 Å². The van der Waals surface area contributed by atoms with Crippen LogP contribution in [0.2, 0.25) is 0 Å². The molecular formula is C18H26O9Si. The van der Waals surface area contributed by atoms with Gasteiger partial charge in [-0.3, -0.25) is 0 Å². The van der Waals surface area contributed by atoms with E-state index in [-0.39, 0.29) is 16.7 Å². The molecule has 0 aromatic carbocycles. The Morgan fingerprint density at radius 1 is 0.857 bits per heavy atom. The summed E-state index contributed by atoms with van der Waals surface area (Å²) in [6.45, 7) is 11.3. The van der Waals surface area contributed by atoms with Crippen molar-refractivity contribution in [3.8, 4) is 0 Å². The summed E-state index contributed by atoms with van der Waals surface area (Å²) in [4.78, 5) is 45.1. The summed E-state index contributed by atoms with van der Waals surface area (Å²) in [5.74, 6) is -2.49. The zero-order valence-corrected chi connectivity index (χ0v) is 18.0. The summed E-state index contributed by atoms with van der Waals surface area (Å²) in [5, 5.41) is -1.43. The summed E-state index contributed by atoms with van der Waals surface area (Å²) >= 11 is 0. The van der Waals surface area contributed by atoms with Crippen LogP contribution in [0.5, 0.6) is 0 Å². The highest BCUT2D eigenvalue weighted by Crippen LogP contribution is 2.50. The molecule has 0 aromatic rings. The summed E-state index contributed by atoms with van der Waals surface area (Å²) in [6, 6.07) is 0. The van der Waals surface area contributed by atoms with Gasteiger partial charge in [-0.15, -0.1) is 0 Å². The molecule has 0 amide bonds. The molecule has 1 aliphatic rings. The average Bonchev–Trinajstić information content (AvgIpc) is 2.64. The molecule has 9 nitrogen and oxygen atoms in total. The molecule has 1 aliphatic carbocycles. The van der Waals surface area contributed by atoms with E-state index in [1.54, 1.807) is 0 Å². The van der Waals surface area contributed by atoms with Gasteiger partial charge in [-0.05, 0) is 39.2 Å². The van der Waals surface area contributed by atoms with Crippen LogP contribution in [-0.2, 0) is 42.2 Å². The van der Waals surface area contributed by atoms with Crippen LogP contribution in [0.1, 0.15) is 33.6 Å². The largest absolute Gasteiger partial charge is 0.551 e. The van der Waals surface area contributed by atoms with Crippen molar-refractivity contribution in [2.75, 3.05) is 21.3 Å². The van der Waals surface area contributed by atoms with Crippen molar-refractivity contribution < 1.29 is 42.2 Å².